The van der Waals surface area contributed by atoms with Gasteiger partial charge in [-0.05, 0) is 63.5 Å². The van der Waals surface area contributed by atoms with E-state index in [0.29, 0.717) is 12.6 Å². The van der Waals surface area contributed by atoms with Crippen LogP contribution in [0.1, 0.15) is 74.1 Å². The molecule has 0 amide bonds. The van der Waals surface area contributed by atoms with E-state index in [1.807, 2.05) is 7.05 Å². The van der Waals surface area contributed by atoms with Gasteiger partial charge in [-0.3, -0.25) is 4.99 Å². The average Bonchev–Trinajstić information content (AvgIpc) is 3.38. The predicted molar refractivity (Wildman–Crippen MR) is 144 cm³/mol. The van der Waals surface area contributed by atoms with E-state index in [4.69, 9.17) is 4.74 Å². The van der Waals surface area contributed by atoms with Gasteiger partial charge < -0.3 is 19.9 Å². The molecule has 0 radical (unpaired) electrons. The number of aliphatic imine (C=N–C) groups is 1. The number of nitrogens with one attached hydrogen (secondary N) is 2. The summed E-state index contributed by atoms with van der Waals surface area (Å²) in [5.74, 6) is 4.11. The van der Waals surface area contributed by atoms with Crippen LogP contribution >= 0.6 is 24.0 Å². The Morgan fingerprint density at radius 2 is 1.97 bits per heavy atom. The standard InChI is InChI=1S/C25H38N6O.HI/c1-19-13-14-20(22(17-19)32-21-9-5-6-10-21)18-28-25(26-2)27-15-8-12-24-30-29-23-11-4-3-7-16-31(23)24;/h13-14,17,21H,3-12,15-16,18H2,1-2H3,(H2,26,27,28);1H. The van der Waals surface area contributed by atoms with Gasteiger partial charge in [-0.25, -0.2) is 0 Å². The highest BCUT2D eigenvalue weighted by molar-refractivity contribution is 14.0. The highest BCUT2D eigenvalue weighted by Gasteiger charge is 2.18. The minimum Gasteiger partial charge on any atom is -0.490 e. The Bertz CT molecular complexity index is 906. The SMILES string of the molecule is CN=C(NCCCc1nnc2n1CCCCC2)NCc1ccc(C)cc1OC1CCCC1.I. The second-order valence-corrected chi connectivity index (χ2v) is 9.09. The Balaban J connectivity index is 0.00000306. The number of hydrogen-bond donors (Lipinski definition) is 2. The Kier molecular flexibility index (Phi) is 10.3. The number of hydrogen-bond acceptors (Lipinski definition) is 4. The summed E-state index contributed by atoms with van der Waals surface area (Å²) in [6, 6.07) is 6.47. The highest BCUT2D eigenvalue weighted by Crippen LogP contribution is 2.27. The van der Waals surface area contributed by atoms with Gasteiger partial charge in [0.05, 0.1) is 6.10 Å². The summed E-state index contributed by atoms with van der Waals surface area (Å²) >= 11 is 0. The molecule has 0 unspecified atom stereocenters. The van der Waals surface area contributed by atoms with Crippen LogP contribution in [0.25, 0.3) is 0 Å². The Hall–Kier alpha value is -1.84. The van der Waals surface area contributed by atoms with Crippen LogP contribution < -0.4 is 15.4 Å². The van der Waals surface area contributed by atoms with Crippen molar-refractivity contribution >= 4 is 29.9 Å². The first-order chi connectivity index (χ1) is 15.7. The molecular formula is C25H39IN6O. The fraction of sp³-hybridized carbons (Fsp3) is 0.640. The van der Waals surface area contributed by atoms with Crippen molar-refractivity contribution in [1.82, 2.24) is 25.4 Å². The van der Waals surface area contributed by atoms with Crippen LogP contribution in [0.3, 0.4) is 0 Å². The van der Waals surface area contributed by atoms with E-state index in [1.54, 1.807) is 0 Å². The third-order valence-corrected chi connectivity index (χ3v) is 6.54. The van der Waals surface area contributed by atoms with Crippen LogP contribution in [0.5, 0.6) is 5.75 Å². The lowest BCUT2D eigenvalue weighted by atomic mass is 10.1. The van der Waals surface area contributed by atoms with Crippen LogP contribution in [0.15, 0.2) is 23.2 Å². The van der Waals surface area contributed by atoms with Crippen LogP contribution in [0.4, 0.5) is 0 Å². The zero-order valence-corrected chi connectivity index (χ0v) is 22.4. The molecule has 2 N–H and O–H groups in total. The molecule has 1 aliphatic carbocycles. The molecule has 8 heteroatoms. The summed E-state index contributed by atoms with van der Waals surface area (Å²) < 4.78 is 8.67. The van der Waals surface area contributed by atoms with E-state index in [0.717, 1.165) is 55.7 Å². The summed E-state index contributed by atoms with van der Waals surface area (Å²) in [7, 11) is 1.82. The van der Waals surface area contributed by atoms with E-state index in [1.165, 1.54) is 56.1 Å². The maximum absolute atomic E-state index is 6.33. The number of benzene rings is 1. The minimum absolute atomic E-state index is 0. The molecule has 1 aliphatic heterocycles. The Morgan fingerprint density at radius 1 is 1.12 bits per heavy atom. The molecule has 0 spiro atoms. The lowest BCUT2D eigenvalue weighted by Gasteiger charge is -2.18. The third-order valence-electron chi connectivity index (χ3n) is 6.54. The number of halogens is 1. The molecule has 1 fully saturated rings. The van der Waals surface area contributed by atoms with Crippen LogP contribution in [0.2, 0.25) is 0 Å². The highest BCUT2D eigenvalue weighted by atomic mass is 127. The largest absolute Gasteiger partial charge is 0.490 e. The van der Waals surface area contributed by atoms with E-state index in [9.17, 15) is 0 Å². The first-order valence-electron chi connectivity index (χ1n) is 12.3. The zero-order valence-electron chi connectivity index (χ0n) is 20.1. The smallest absolute Gasteiger partial charge is 0.191 e. The summed E-state index contributed by atoms with van der Waals surface area (Å²) in [5, 5.41) is 15.7. The number of rotatable bonds is 8. The maximum atomic E-state index is 6.33. The Labute approximate surface area is 215 Å². The molecule has 2 aromatic rings. The molecule has 0 bridgehead atoms. The van der Waals surface area contributed by atoms with Crippen molar-refractivity contribution in [3.8, 4) is 5.75 Å². The topological polar surface area (TPSA) is 76.4 Å². The predicted octanol–water partition coefficient (Wildman–Crippen LogP) is 4.55. The molecule has 2 aliphatic rings. The number of ether oxygens (including phenoxy) is 1. The summed E-state index contributed by atoms with van der Waals surface area (Å²) in [5.41, 5.74) is 2.41. The van der Waals surface area contributed by atoms with E-state index >= 15 is 0 Å². The summed E-state index contributed by atoms with van der Waals surface area (Å²) in [6.45, 7) is 4.73. The molecule has 0 saturated heterocycles. The quantitative estimate of drug-likeness (QED) is 0.212. The fourth-order valence-corrected chi connectivity index (χ4v) is 4.69. The zero-order chi connectivity index (χ0) is 22.2. The number of aromatic nitrogens is 3. The number of guanidine groups is 1. The molecule has 1 aromatic heterocycles. The van der Waals surface area contributed by atoms with Gasteiger partial charge in [-0.15, -0.1) is 34.2 Å². The van der Waals surface area contributed by atoms with Crippen LogP contribution in [-0.2, 0) is 25.9 Å². The van der Waals surface area contributed by atoms with E-state index < -0.39 is 0 Å². The van der Waals surface area contributed by atoms with Gasteiger partial charge in [0.1, 0.15) is 17.4 Å². The maximum Gasteiger partial charge on any atom is 0.191 e. The Morgan fingerprint density at radius 3 is 2.79 bits per heavy atom. The van der Waals surface area contributed by atoms with Crippen molar-refractivity contribution in [1.29, 1.82) is 0 Å². The molecule has 1 saturated carbocycles. The van der Waals surface area contributed by atoms with Gasteiger partial charge >= 0.3 is 0 Å². The molecule has 2 heterocycles. The number of nitrogens with zero attached hydrogens (tertiary/aromatic N) is 4. The van der Waals surface area contributed by atoms with Gasteiger partial charge in [0.15, 0.2) is 5.96 Å². The second-order valence-electron chi connectivity index (χ2n) is 9.09. The molecule has 0 atom stereocenters. The number of fused-ring (bicyclic) bond motifs is 1. The summed E-state index contributed by atoms with van der Waals surface area (Å²) in [6.07, 6.45) is 12.0. The first-order valence-corrected chi connectivity index (χ1v) is 12.3. The fourth-order valence-electron chi connectivity index (χ4n) is 4.69. The van der Waals surface area contributed by atoms with Crippen molar-refractivity contribution in [2.75, 3.05) is 13.6 Å². The van der Waals surface area contributed by atoms with Crippen molar-refractivity contribution in [3.63, 3.8) is 0 Å². The van der Waals surface area contributed by atoms with Crippen molar-refractivity contribution in [2.45, 2.75) is 90.3 Å². The normalized spacial score (nSPS) is 16.6. The van der Waals surface area contributed by atoms with Crippen molar-refractivity contribution < 1.29 is 4.74 Å². The van der Waals surface area contributed by atoms with Crippen molar-refractivity contribution in [2.24, 2.45) is 4.99 Å². The van der Waals surface area contributed by atoms with Gasteiger partial charge in [0.25, 0.3) is 0 Å². The van der Waals surface area contributed by atoms with Crippen LogP contribution in [0, 0.1) is 6.92 Å². The van der Waals surface area contributed by atoms with Gasteiger partial charge in [-0.2, -0.15) is 0 Å². The third kappa shape index (κ3) is 7.32. The minimum atomic E-state index is 0. The lowest BCUT2D eigenvalue weighted by molar-refractivity contribution is 0.207. The molecule has 182 valence electrons. The molecule has 1 aromatic carbocycles. The average molecular weight is 567 g/mol. The monoisotopic (exact) mass is 566 g/mol. The van der Waals surface area contributed by atoms with Gasteiger partial charge in [0.2, 0.25) is 0 Å². The first kappa shape index (κ1) is 25.8. The molecular weight excluding hydrogens is 527 g/mol. The molecule has 4 rings (SSSR count). The van der Waals surface area contributed by atoms with Gasteiger partial charge in [0, 0.05) is 45.1 Å². The lowest BCUT2D eigenvalue weighted by Crippen LogP contribution is -2.37. The summed E-state index contributed by atoms with van der Waals surface area (Å²) in [4.78, 5) is 4.39. The number of aryl methyl sites for hydroxylation is 3. The van der Waals surface area contributed by atoms with Crippen molar-refractivity contribution in [3.05, 3.63) is 41.0 Å². The van der Waals surface area contributed by atoms with Gasteiger partial charge in [-0.1, -0.05) is 18.6 Å². The molecule has 7 nitrogen and oxygen atoms in total. The van der Waals surface area contributed by atoms with E-state index in [-0.39, 0.29) is 24.0 Å². The molecule has 33 heavy (non-hydrogen) atoms. The second kappa shape index (κ2) is 13.2. The van der Waals surface area contributed by atoms with Crippen LogP contribution in [-0.4, -0.2) is 40.4 Å². The van der Waals surface area contributed by atoms with E-state index in [2.05, 4.69) is 55.5 Å².